The first-order valence-corrected chi connectivity index (χ1v) is 6.03. The van der Waals surface area contributed by atoms with Crippen LogP contribution in [0.25, 0.3) is 6.08 Å². The fourth-order valence-corrected chi connectivity index (χ4v) is 1.46. The Balaban J connectivity index is 2.66. The number of esters is 1. The van der Waals surface area contributed by atoms with E-state index >= 15 is 0 Å². The molecule has 0 aliphatic carbocycles. The maximum atomic E-state index is 11.8. The average molecular weight is 255 g/mol. The van der Waals surface area contributed by atoms with Crippen molar-refractivity contribution >= 4 is 12.0 Å². The van der Waals surface area contributed by atoms with Crippen LogP contribution in [0.4, 0.5) is 0 Å². The molecule has 0 aliphatic rings. The van der Waals surface area contributed by atoms with Gasteiger partial charge in [0.05, 0.1) is 6.07 Å². The molecule has 0 aliphatic heterocycles. The van der Waals surface area contributed by atoms with E-state index in [1.807, 2.05) is 48.6 Å². The molecule has 3 heteroatoms. The van der Waals surface area contributed by atoms with Crippen LogP contribution in [0.1, 0.15) is 18.9 Å². The summed E-state index contributed by atoms with van der Waals surface area (Å²) in [4.78, 5) is 11.8. The Kier molecular flexibility index (Phi) is 5.56. The molecule has 98 valence electrons. The van der Waals surface area contributed by atoms with Crippen molar-refractivity contribution in [3.63, 3.8) is 0 Å². The molecule has 0 fully saturated rings. The van der Waals surface area contributed by atoms with Gasteiger partial charge in [0.25, 0.3) is 0 Å². The van der Waals surface area contributed by atoms with Gasteiger partial charge in [-0.3, -0.25) is 4.79 Å². The minimum atomic E-state index is -1.16. The molecule has 0 radical (unpaired) electrons. The summed E-state index contributed by atoms with van der Waals surface area (Å²) in [5, 5.41) is 9.14. The zero-order valence-corrected chi connectivity index (χ0v) is 11.0. The Morgan fingerprint density at radius 1 is 1.47 bits per heavy atom. The van der Waals surface area contributed by atoms with Crippen LogP contribution >= 0.6 is 0 Å². The summed E-state index contributed by atoms with van der Waals surface area (Å²) in [7, 11) is 0. The second kappa shape index (κ2) is 7.17. The summed E-state index contributed by atoms with van der Waals surface area (Å²) in [6.07, 6.45) is 5.49. The summed E-state index contributed by atoms with van der Waals surface area (Å²) < 4.78 is 4.94. The lowest BCUT2D eigenvalue weighted by molar-refractivity contribution is -0.150. The van der Waals surface area contributed by atoms with E-state index in [2.05, 4.69) is 6.58 Å². The van der Waals surface area contributed by atoms with Gasteiger partial charge in [-0.05, 0) is 18.9 Å². The molecule has 1 atom stereocenters. The largest absolute Gasteiger partial charge is 0.460 e. The molecule has 0 spiro atoms. The highest BCUT2D eigenvalue weighted by molar-refractivity contribution is 5.80. The number of nitriles is 1. The lowest BCUT2D eigenvalue weighted by Gasteiger charge is -2.17. The zero-order valence-electron chi connectivity index (χ0n) is 11.0. The normalized spacial score (nSPS) is 13.5. The Morgan fingerprint density at radius 2 is 2.16 bits per heavy atom. The van der Waals surface area contributed by atoms with Gasteiger partial charge in [0.15, 0.2) is 5.41 Å². The van der Waals surface area contributed by atoms with Gasteiger partial charge >= 0.3 is 5.97 Å². The van der Waals surface area contributed by atoms with E-state index in [4.69, 9.17) is 10.00 Å². The first kappa shape index (κ1) is 14.7. The van der Waals surface area contributed by atoms with Crippen LogP contribution in [0.5, 0.6) is 0 Å². The zero-order chi connectivity index (χ0) is 14.1. The summed E-state index contributed by atoms with van der Waals surface area (Å²) in [5.41, 5.74) is -0.129. The second-order valence-electron chi connectivity index (χ2n) is 4.35. The van der Waals surface area contributed by atoms with Gasteiger partial charge in [-0.2, -0.15) is 5.26 Å². The highest BCUT2D eigenvalue weighted by atomic mass is 16.5. The molecule has 0 aromatic heterocycles. The topological polar surface area (TPSA) is 50.1 Å². The maximum Gasteiger partial charge on any atom is 0.326 e. The molecule has 1 unspecified atom stereocenters. The highest BCUT2D eigenvalue weighted by Gasteiger charge is 2.33. The first-order valence-electron chi connectivity index (χ1n) is 6.03. The monoisotopic (exact) mass is 255 g/mol. The van der Waals surface area contributed by atoms with Gasteiger partial charge < -0.3 is 4.74 Å². The lowest BCUT2D eigenvalue weighted by Crippen LogP contribution is -2.27. The third kappa shape index (κ3) is 4.44. The second-order valence-corrected chi connectivity index (χ2v) is 4.35. The lowest BCUT2D eigenvalue weighted by atomic mass is 9.88. The molecule has 3 nitrogen and oxygen atoms in total. The molecule has 1 aromatic rings. The highest BCUT2D eigenvalue weighted by Crippen LogP contribution is 2.23. The van der Waals surface area contributed by atoms with Crippen LogP contribution < -0.4 is 0 Å². The van der Waals surface area contributed by atoms with Crippen molar-refractivity contribution in [1.29, 1.82) is 5.26 Å². The Hall–Kier alpha value is -2.34. The van der Waals surface area contributed by atoms with E-state index in [1.165, 1.54) is 6.08 Å². The third-order valence-electron chi connectivity index (χ3n) is 2.67. The van der Waals surface area contributed by atoms with E-state index < -0.39 is 11.4 Å². The van der Waals surface area contributed by atoms with E-state index in [0.29, 0.717) is 6.42 Å². The molecule has 0 heterocycles. The van der Waals surface area contributed by atoms with Gasteiger partial charge in [-0.25, -0.2) is 0 Å². The van der Waals surface area contributed by atoms with Crippen LogP contribution in [0.3, 0.4) is 0 Å². The molecule has 1 rings (SSSR count). The number of hydrogen-bond acceptors (Lipinski definition) is 3. The van der Waals surface area contributed by atoms with E-state index in [1.54, 1.807) is 6.92 Å². The molecule has 0 saturated heterocycles. The first-order chi connectivity index (χ1) is 9.12. The molecule has 0 amide bonds. The van der Waals surface area contributed by atoms with Crippen molar-refractivity contribution in [2.24, 2.45) is 5.41 Å². The van der Waals surface area contributed by atoms with Crippen LogP contribution in [0, 0.1) is 16.7 Å². The summed E-state index contributed by atoms with van der Waals surface area (Å²) in [5.74, 6) is -0.521. The summed E-state index contributed by atoms with van der Waals surface area (Å²) >= 11 is 0. The Morgan fingerprint density at radius 3 is 2.74 bits per heavy atom. The van der Waals surface area contributed by atoms with E-state index in [9.17, 15) is 4.79 Å². The van der Waals surface area contributed by atoms with Crippen molar-refractivity contribution < 1.29 is 9.53 Å². The van der Waals surface area contributed by atoms with Crippen LogP contribution in [0.2, 0.25) is 0 Å². The predicted octanol–water partition coefficient (Wildman–Crippen LogP) is 3.35. The van der Waals surface area contributed by atoms with Gasteiger partial charge in [0.2, 0.25) is 0 Å². The molecule has 0 bridgehead atoms. The van der Waals surface area contributed by atoms with Crippen molar-refractivity contribution in [2.75, 3.05) is 6.61 Å². The number of benzene rings is 1. The predicted molar refractivity (Wildman–Crippen MR) is 75.0 cm³/mol. The van der Waals surface area contributed by atoms with Crippen LogP contribution in [-0.4, -0.2) is 12.6 Å². The average Bonchev–Trinajstić information content (AvgIpc) is 2.45. The number of carbonyl (C=O) groups is 1. The van der Waals surface area contributed by atoms with Gasteiger partial charge in [-0.1, -0.05) is 55.1 Å². The standard InChI is InChI=1S/C16H17NO2/c1-3-12-19-15(18)16(2,13-17)11-7-10-14-8-5-4-6-9-14/h3-10H,1,11-12H2,2H3/b10-7+. The molecule has 19 heavy (non-hydrogen) atoms. The van der Waals surface area contributed by atoms with Gasteiger partial charge in [-0.15, -0.1) is 0 Å². The van der Waals surface area contributed by atoms with E-state index in [0.717, 1.165) is 5.56 Å². The number of ether oxygens (including phenoxy) is 1. The fourth-order valence-electron chi connectivity index (χ4n) is 1.46. The number of allylic oxidation sites excluding steroid dienone is 1. The number of carbonyl (C=O) groups excluding carboxylic acids is 1. The van der Waals surface area contributed by atoms with Crippen molar-refractivity contribution in [3.05, 3.63) is 54.6 Å². The Bertz CT molecular complexity index is 499. The van der Waals surface area contributed by atoms with Crippen LogP contribution in [-0.2, 0) is 9.53 Å². The van der Waals surface area contributed by atoms with E-state index in [-0.39, 0.29) is 6.61 Å². The molecular weight excluding hydrogens is 238 g/mol. The van der Waals surface area contributed by atoms with Crippen molar-refractivity contribution in [2.45, 2.75) is 13.3 Å². The summed E-state index contributed by atoms with van der Waals surface area (Å²) in [6, 6.07) is 11.7. The third-order valence-corrected chi connectivity index (χ3v) is 2.67. The minimum Gasteiger partial charge on any atom is -0.460 e. The quantitative estimate of drug-likeness (QED) is 0.578. The Labute approximate surface area is 113 Å². The summed E-state index contributed by atoms with van der Waals surface area (Å²) in [6.45, 7) is 5.17. The number of nitrogens with zero attached hydrogens (tertiary/aromatic N) is 1. The maximum absolute atomic E-state index is 11.8. The van der Waals surface area contributed by atoms with Crippen molar-refractivity contribution in [3.8, 4) is 6.07 Å². The molecule has 0 saturated carbocycles. The SMILES string of the molecule is C=CCOC(=O)C(C)(C#N)C/C=C/c1ccccc1. The van der Waals surface area contributed by atoms with Crippen molar-refractivity contribution in [1.82, 2.24) is 0 Å². The number of hydrogen-bond donors (Lipinski definition) is 0. The molecular formula is C16H17NO2. The fraction of sp³-hybridized carbons (Fsp3) is 0.250. The minimum absolute atomic E-state index is 0.124. The van der Waals surface area contributed by atoms with Gasteiger partial charge in [0.1, 0.15) is 6.61 Å². The van der Waals surface area contributed by atoms with Gasteiger partial charge in [0, 0.05) is 0 Å². The number of rotatable bonds is 6. The molecule has 0 N–H and O–H groups in total. The smallest absolute Gasteiger partial charge is 0.326 e. The van der Waals surface area contributed by atoms with Crippen LogP contribution in [0.15, 0.2) is 49.1 Å². The molecule has 1 aromatic carbocycles.